The molecule has 2 heterocycles. The quantitative estimate of drug-likeness (QED) is 0.281. The Morgan fingerprint density at radius 1 is 0.907 bits per heavy atom. The van der Waals surface area contributed by atoms with E-state index in [-0.39, 0.29) is 17.3 Å². The number of nitrogens with zero attached hydrogens (tertiary/aromatic N) is 2. The Kier molecular flexibility index (Phi) is 7.79. The summed E-state index contributed by atoms with van der Waals surface area (Å²) in [5.41, 5.74) is 2.78. The molecule has 2 aliphatic heterocycles. The number of sulfonamides is 1. The van der Waals surface area contributed by atoms with Gasteiger partial charge in [0.25, 0.3) is 15.9 Å². The van der Waals surface area contributed by atoms with Gasteiger partial charge in [0.2, 0.25) is 0 Å². The zero-order valence-corrected chi connectivity index (χ0v) is 24.7. The molecule has 4 aromatic carbocycles. The SMILES string of the molecule is CC1N(S(=O)(=O)c2ccc(F)cc2)c2ccc(C(=O)NCc3ccccc3F)cc2C12CCN(Cc1ccccc1)CC2. The molecule has 1 unspecified atom stereocenters. The maximum absolute atomic E-state index is 14.2. The van der Waals surface area contributed by atoms with E-state index in [2.05, 4.69) is 22.3 Å². The van der Waals surface area contributed by atoms with Crippen molar-refractivity contribution in [2.24, 2.45) is 0 Å². The Hall–Kier alpha value is -4.08. The van der Waals surface area contributed by atoms with E-state index in [1.165, 1.54) is 28.1 Å². The van der Waals surface area contributed by atoms with Crippen LogP contribution < -0.4 is 9.62 Å². The van der Waals surface area contributed by atoms with Gasteiger partial charge in [0.05, 0.1) is 16.6 Å². The number of carbonyl (C=O) groups excluding carboxylic acids is 1. The van der Waals surface area contributed by atoms with Crippen LogP contribution in [0.25, 0.3) is 0 Å². The minimum absolute atomic E-state index is 0.0111. The molecule has 0 aromatic heterocycles. The summed E-state index contributed by atoms with van der Waals surface area (Å²) < 4.78 is 57.4. The molecular weight excluding hydrogens is 568 g/mol. The second kappa shape index (κ2) is 11.5. The van der Waals surface area contributed by atoms with Crippen LogP contribution in [0.2, 0.25) is 0 Å². The lowest BCUT2D eigenvalue weighted by Gasteiger charge is -2.43. The highest BCUT2D eigenvalue weighted by molar-refractivity contribution is 7.92. The highest BCUT2D eigenvalue weighted by Gasteiger charge is 2.53. The molecule has 1 saturated heterocycles. The van der Waals surface area contributed by atoms with E-state index < -0.39 is 33.1 Å². The lowest BCUT2D eigenvalue weighted by atomic mass is 9.70. The smallest absolute Gasteiger partial charge is 0.264 e. The van der Waals surface area contributed by atoms with Crippen LogP contribution in [0, 0.1) is 11.6 Å². The molecule has 0 bridgehead atoms. The summed E-state index contributed by atoms with van der Waals surface area (Å²) in [4.78, 5) is 15.6. The van der Waals surface area contributed by atoms with Gasteiger partial charge in [-0.2, -0.15) is 0 Å². The molecule has 1 N–H and O–H groups in total. The summed E-state index contributed by atoms with van der Waals surface area (Å²) in [6.07, 6.45) is 1.40. The van der Waals surface area contributed by atoms with Crippen molar-refractivity contribution in [3.05, 3.63) is 131 Å². The average Bonchev–Trinajstić information content (AvgIpc) is 3.25. The van der Waals surface area contributed by atoms with Gasteiger partial charge < -0.3 is 5.32 Å². The van der Waals surface area contributed by atoms with E-state index in [0.717, 1.165) is 37.3 Å². The highest BCUT2D eigenvalue weighted by atomic mass is 32.2. The van der Waals surface area contributed by atoms with Crippen molar-refractivity contribution in [2.75, 3.05) is 17.4 Å². The van der Waals surface area contributed by atoms with Gasteiger partial charge in [-0.25, -0.2) is 17.2 Å². The third-order valence-electron chi connectivity index (χ3n) is 8.95. The minimum atomic E-state index is -4.03. The van der Waals surface area contributed by atoms with Crippen molar-refractivity contribution in [3.8, 4) is 0 Å². The van der Waals surface area contributed by atoms with Crippen LogP contribution in [0.3, 0.4) is 0 Å². The fourth-order valence-electron chi connectivity index (χ4n) is 6.54. The van der Waals surface area contributed by atoms with Crippen molar-refractivity contribution in [3.63, 3.8) is 0 Å². The predicted molar refractivity (Wildman–Crippen MR) is 162 cm³/mol. The zero-order chi connectivity index (χ0) is 30.2. The Labute approximate surface area is 251 Å². The third-order valence-corrected chi connectivity index (χ3v) is 10.8. The molecule has 222 valence electrons. The Morgan fingerprint density at radius 3 is 2.28 bits per heavy atom. The van der Waals surface area contributed by atoms with E-state index >= 15 is 0 Å². The number of fused-ring (bicyclic) bond motifs is 2. The second-order valence-corrected chi connectivity index (χ2v) is 13.2. The topological polar surface area (TPSA) is 69.7 Å². The number of carbonyl (C=O) groups is 1. The Bertz CT molecular complexity index is 1740. The Morgan fingerprint density at radius 2 is 1.58 bits per heavy atom. The van der Waals surface area contributed by atoms with Crippen LogP contribution in [0.5, 0.6) is 0 Å². The molecule has 0 aliphatic carbocycles. The number of hydrogen-bond donors (Lipinski definition) is 1. The molecule has 0 saturated carbocycles. The molecule has 6 rings (SSSR count). The first kappa shape index (κ1) is 29.0. The summed E-state index contributed by atoms with van der Waals surface area (Å²) in [5.74, 6) is -1.27. The summed E-state index contributed by atoms with van der Waals surface area (Å²) in [5, 5.41) is 2.80. The summed E-state index contributed by atoms with van der Waals surface area (Å²) in [6.45, 7) is 4.27. The number of nitrogens with one attached hydrogen (secondary N) is 1. The first-order valence-corrected chi connectivity index (χ1v) is 15.9. The molecule has 4 aromatic rings. The number of rotatable bonds is 7. The van der Waals surface area contributed by atoms with Gasteiger partial charge in [-0.3, -0.25) is 14.0 Å². The number of piperidine rings is 1. The lowest BCUT2D eigenvalue weighted by molar-refractivity contribution is 0.0950. The van der Waals surface area contributed by atoms with Crippen LogP contribution in [0.4, 0.5) is 14.5 Å². The lowest BCUT2D eigenvalue weighted by Crippen LogP contribution is -2.51. The van der Waals surface area contributed by atoms with E-state index in [0.29, 0.717) is 29.7 Å². The van der Waals surface area contributed by atoms with Crippen LogP contribution in [-0.4, -0.2) is 38.4 Å². The van der Waals surface area contributed by atoms with E-state index in [9.17, 15) is 22.0 Å². The molecular formula is C34H33F2N3O3S. The average molecular weight is 602 g/mol. The first-order chi connectivity index (χ1) is 20.7. The van der Waals surface area contributed by atoms with Gasteiger partial charge in [0, 0.05) is 29.6 Å². The summed E-state index contributed by atoms with van der Waals surface area (Å²) in [6, 6.07) is 26.0. The van der Waals surface area contributed by atoms with Crippen LogP contribution in [0.15, 0.2) is 102 Å². The molecule has 43 heavy (non-hydrogen) atoms. The van der Waals surface area contributed by atoms with Crippen molar-refractivity contribution >= 4 is 21.6 Å². The number of benzene rings is 4. The van der Waals surface area contributed by atoms with E-state index in [1.54, 1.807) is 36.4 Å². The maximum Gasteiger partial charge on any atom is 0.264 e. The molecule has 1 atom stereocenters. The number of amides is 1. The van der Waals surface area contributed by atoms with Crippen LogP contribution in [-0.2, 0) is 28.5 Å². The largest absolute Gasteiger partial charge is 0.348 e. The monoisotopic (exact) mass is 601 g/mol. The fourth-order valence-corrected chi connectivity index (χ4v) is 8.29. The molecule has 9 heteroatoms. The Balaban J connectivity index is 1.33. The van der Waals surface area contributed by atoms with Gasteiger partial charge in [-0.15, -0.1) is 0 Å². The molecule has 1 fully saturated rings. The zero-order valence-electron chi connectivity index (χ0n) is 23.8. The highest BCUT2D eigenvalue weighted by Crippen LogP contribution is 2.53. The normalized spacial score (nSPS) is 18.0. The predicted octanol–water partition coefficient (Wildman–Crippen LogP) is 6.03. The maximum atomic E-state index is 14.2. The van der Waals surface area contributed by atoms with Gasteiger partial charge in [-0.05, 0) is 92.5 Å². The van der Waals surface area contributed by atoms with E-state index in [1.807, 2.05) is 25.1 Å². The first-order valence-electron chi connectivity index (χ1n) is 14.4. The molecule has 2 aliphatic rings. The summed E-state index contributed by atoms with van der Waals surface area (Å²) in [7, 11) is -4.03. The summed E-state index contributed by atoms with van der Waals surface area (Å²) >= 11 is 0. The van der Waals surface area contributed by atoms with Crippen molar-refractivity contribution in [1.29, 1.82) is 0 Å². The molecule has 6 nitrogen and oxygen atoms in total. The number of hydrogen-bond acceptors (Lipinski definition) is 4. The van der Waals surface area contributed by atoms with Crippen molar-refractivity contribution in [2.45, 2.75) is 49.2 Å². The number of anilines is 1. The van der Waals surface area contributed by atoms with Gasteiger partial charge in [0.15, 0.2) is 0 Å². The minimum Gasteiger partial charge on any atom is -0.348 e. The number of likely N-dealkylation sites (tertiary alicyclic amines) is 1. The van der Waals surface area contributed by atoms with Crippen LogP contribution >= 0.6 is 0 Å². The molecule has 1 amide bonds. The molecule has 1 spiro atoms. The van der Waals surface area contributed by atoms with Crippen molar-refractivity contribution < 1.29 is 22.0 Å². The van der Waals surface area contributed by atoms with E-state index in [4.69, 9.17) is 0 Å². The van der Waals surface area contributed by atoms with Gasteiger partial charge >= 0.3 is 0 Å². The van der Waals surface area contributed by atoms with Crippen molar-refractivity contribution in [1.82, 2.24) is 10.2 Å². The standard InChI is InChI=1S/C34H33F2N3O3S/c1-24-34(17-19-38(20-18-34)23-25-7-3-2-4-8-25)30-21-26(33(40)37-22-27-9-5-6-10-31(27)36)11-16-32(30)39(24)43(41,42)29-14-12-28(35)13-15-29/h2-16,21,24H,17-20,22-23H2,1H3,(H,37,40). The van der Waals surface area contributed by atoms with Gasteiger partial charge in [-0.1, -0.05) is 48.5 Å². The molecule has 0 radical (unpaired) electrons. The number of halogens is 2. The van der Waals surface area contributed by atoms with Gasteiger partial charge in [0.1, 0.15) is 11.6 Å². The van der Waals surface area contributed by atoms with Crippen LogP contribution in [0.1, 0.15) is 46.8 Å². The second-order valence-electron chi connectivity index (χ2n) is 11.4. The fraction of sp³-hybridized carbons (Fsp3) is 0.265. The third kappa shape index (κ3) is 5.43.